The van der Waals surface area contributed by atoms with Crippen molar-refractivity contribution in [3.63, 3.8) is 0 Å². The molecule has 0 N–H and O–H groups in total. The van der Waals surface area contributed by atoms with Crippen LogP contribution in [0.2, 0.25) is 5.15 Å². The molecule has 0 spiro atoms. The molecule has 0 atom stereocenters. The third kappa shape index (κ3) is 5.96. The highest BCUT2D eigenvalue weighted by molar-refractivity contribution is 6.29. The topological polar surface area (TPSA) is 70.0 Å². The fourth-order valence-corrected chi connectivity index (χ4v) is 1.69. The van der Waals surface area contributed by atoms with E-state index in [-0.39, 0.29) is 13.2 Å². The van der Waals surface area contributed by atoms with Gasteiger partial charge in [-0.1, -0.05) is 22.8 Å². The Hall–Kier alpha value is -2.60. The molecule has 0 aliphatic heterocycles. The van der Waals surface area contributed by atoms with Crippen molar-refractivity contribution in [1.82, 2.24) is 4.98 Å². The Balaban J connectivity index is 1.69. The maximum Gasteiger partial charge on any atom is 0.347 e. The molecular weight excluding hydrogens is 320 g/mol. The standard InChI is InChI=1S/C16H15ClN2O4/c1-21-14-5-2-12(3-6-14)9-19-23-11-16(20)22-10-13-4-7-15(17)18-8-13/h2-9H,10-11H2,1H3. The number of methoxy groups -OCH3 is 1. The lowest BCUT2D eigenvalue weighted by atomic mass is 10.2. The number of rotatable bonds is 7. The van der Waals surface area contributed by atoms with Crippen molar-refractivity contribution in [1.29, 1.82) is 0 Å². The maximum atomic E-state index is 11.5. The van der Waals surface area contributed by atoms with Gasteiger partial charge in [-0.05, 0) is 35.9 Å². The second-order valence-electron chi connectivity index (χ2n) is 4.43. The molecule has 0 radical (unpaired) electrons. The quantitative estimate of drug-likeness (QED) is 0.337. The van der Waals surface area contributed by atoms with Gasteiger partial charge in [0.2, 0.25) is 6.61 Å². The zero-order valence-corrected chi connectivity index (χ0v) is 13.2. The van der Waals surface area contributed by atoms with Crippen molar-refractivity contribution in [3.8, 4) is 5.75 Å². The Kier molecular flexibility index (Phi) is 6.38. The molecule has 0 amide bonds. The molecule has 1 heterocycles. The Morgan fingerprint density at radius 2 is 2.04 bits per heavy atom. The number of oxime groups is 1. The van der Waals surface area contributed by atoms with E-state index in [2.05, 4.69) is 10.1 Å². The number of hydrogen-bond acceptors (Lipinski definition) is 6. The molecule has 23 heavy (non-hydrogen) atoms. The molecule has 0 bridgehead atoms. The van der Waals surface area contributed by atoms with Crippen LogP contribution in [-0.4, -0.2) is 30.9 Å². The molecule has 6 nitrogen and oxygen atoms in total. The Bertz CT molecular complexity index is 657. The molecular formula is C16H15ClN2O4. The van der Waals surface area contributed by atoms with Gasteiger partial charge in [0.05, 0.1) is 13.3 Å². The molecule has 2 aromatic rings. The number of nitrogens with zero attached hydrogens (tertiary/aromatic N) is 2. The van der Waals surface area contributed by atoms with E-state index in [0.717, 1.165) is 16.9 Å². The van der Waals surface area contributed by atoms with Crippen molar-refractivity contribution >= 4 is 23.8 Å². The average molecular weight is 335 g/mol. The Labute approximate surface area is 138 Å². The summed E-state index contributed by atoms with van der Waals surface area (Å²) in [5.41, 5.74) is 1.57. The summed E-state index contributed by atoms with van der Waals surface area (Å²) in [7, 11) is 1.60. The van der Waals surface area contributed by atoms with Gasteiger partial charge in [-0.25, -0.2) is 9.78 Å². The van der Waals surface area contributed by atoms with Crippen LogP contribution in [0, 0.1) is 0 Å². The predicted molar refractivity (Wildman–Crippen MR) is 85.6 cm³/mol. The number of hydrogen-bond donors (Lipinski definition) is 0. The first kappa shape index (κ1) is 16.8. The van der Waals surface area contributed by atoms with Gasteiger partial charge in [0, 0.05) is 11.8 Å². The van der Waals surface area contributed by atoms with Gasteiger partial charge in [-0.15, -0.1) is 0 Å². The maximum absolute atomic E-state index is 11.5. The number of pyridine rings is 1. The van der Waals surface area contributed by atoms with E-state index in [1.807, 2.05) is 12.1 Å². The highest BCUT2D eigenvalue weighted by Crippen LogP contribution is 2.10. The number of carbonyl (C=O) groups excluding carboxylic acids is 1. The number of benzene rings is 1. The van der Waals surface area contributed by atoms with E-state index in [1.54, 1.807) is 31.4 Å². The Morgan fingerprint density at radius 1 is 1.26 bits per heavy atom. The number of aromatic nitrogens is 1. The van der Waals surface area contributed by atoms with Crippen LogP contribution < -0.4 is 4.74 Å². The van der Waals surface area contributed by atoms with Gasteiger partial charge in [-0.2, -0.15) is 0 Å². The highest BCUT2D eigenvalue weighted by Gasteiger charge is 2.04. The average Bonchev–Trinajstić information content (AvgIpc) is 2.59. The molecule has 1 aromatic heterocycles. The third-order valence-electron chi connectivity index (χ3n) is 2.76. The molecule has 0 saturated carbocycles. The van der Waals surface area contributed by atoms with Gasteiger partial charge in [0.25, 0.3) is 0 Å². The lowest BCUT2D eigenvalue weighted by Gasteiger charge is -2.03. The smallest absolute Gasteiger partial charge is 0.347 e. The molecule has 1 aromatic carbocycles. The molecule has 0 aliphatic carbocycles. The van der Waals surface area contributed by atoms with Crippen LogP contribution in [0.3, 0.4) is 0 Å². The largest absolute Gasteiger partial charge is 0.497 e. The van der Waals surface area contributed by atoms with Gasteiger partial charge in [0.1, 0.15) is 17.5 Å². The van der Waals surface area contributed by atoms with E-state index in [9.17, 15) is 4.79 Å². The number of halogens is 1. The van der Waals surface area contributed by atoms with Crippen molar-refractivity contribution in [2.45, 2.75) is 6.61 Å². The molecule has 7 heteroatoms. The summed E-state index contributed by atoms with van der Waals surface area (Å²) >= 11 is 5.66. The Morgan fingerprint density at radius 3 is 2.70 bits per heavy atom. The van der Waals surface area contributed by atoms with E-state index in [0.29, 0.717) is 5.15 Å². The minimum absolute atomic E-state index is 0.106. The van der Waals surface area contributed by atoms with Crippen LogP contribution in [0.1, 0.15) is 11.1 Å². The number of ether oxygens (including phenoxy) is 2. The van der Waals surface area contributed by atoms with Gasteiger partial charge in [-0.3, -0.25) is 0 Å². The summed E-state index contributed by atoms with van der Waals surface area (Å²) in [5.74, 6) is 0.232. The van der Waals surface area contributed by atoms with Crippen LogP contribution in [-0.2, 0) is 21.0 Å². The second-order valence-corrected chi connectivity index (χ2v) is 4.82. The summed E-state index contributed by atoms with van der Waals surface area (Å²) in [6, 6.07) is 10.6. The summed E-state index contributed by atoms with van der Waals surface area (Å²) in [6.07, 6.45) is 3.04. The third-order valence-corrected chi connectivity index (χ3v) is 2.99. The van der Waals surface area contributed by atoms with Crippen LogP contribution in [0.5, 0.6) is 5.75 Å². The summed E-state index contributed by atoms with van der Waals surface area (Å²) in [4.78, 5) is 20.3. The fraction of sp³-hybridized carbons (Fsp3) is 0.188. The van der Waals surface area contributed by atoms with Crippen molar-refractivity contribution < 1.29 is 19.1 Å². The van der Waals surface area contributed by atoms with Crippen molar-refractivity contribution in [3.05, 3.63) is 58.9 Å². The van der Waals surface area contributed by atoms with Gasteiger partial charge >= 0.3 is 5.97 Å². The van der Waals surface area contributed by atoms with E-state index >= 15 is 0 Å². The second kappa shape index (κ2) is 8.75. The minimum Gasteiger partial charge on any atom is -0.497 e. The first-order valence-corrected chi connectivity index (χ1v) is 7.10. The summed E-state index contributed by atoms with van der Waals surface area (Å²) in [6.45, 7) is -0.164. The molecule has 0 saturated heterocycles. The molecule has 0 aliphatic rings. The van der Waals surface area contributed by atoms with Crippen LogP contribution in [0.15, 0.2) is 47.8 Å². The SMILES string of the molecule is COc1ccc(C=NOCC(=O)OCc2ccc(Cl)nc2)cc1. The lowest BCUT2D eigenvalue weighted by molar-refractivity contribution is -0.150. The van der Waals surface area contributed by atoms with Crippen LogP contribution in [0.25, 0.3) is 0 Å². The molecule has 0 unspecified atom stereocenters. The van der Waals surface area contributed by atoms with E-state index < -0.39 is 5.97 Å². The zero-order valence-electron chi connectivity index (χ0n) is 12.4. The van der Waals surface area contributed by atoms with Crippen LogP contribution >= 0.6 is 11.6 Å². The predicted octanol–water partition coefficient (Wildman–Crippen LogP) is 2.84. The van der Waals surface area contributed by atoms with Crippen molar-refractivity contribution in [2.75, 3.05) is 13.7 Å². The fourth-order valence-electron chi connectivity index (χ4n) is 1.58. The molecule has 120 valence electrons. The number of carbonyl (C=O) groups is 1. The lowest BCUT2D eigenvalue weighted by Crippen LogP contribution is -2.10. The van der Waals surface area contributed by atoms with E-state index in [4.69, 9.17) is 25.9 Å². The van der Waals surface area contributed by atoms with E-state index in [1.165, 1.54) is 12.4 Å². The summed E-state index contributed by atoms with van der Waals surface area (Å²) < 4.78 is 10.1. The minimum atomic E-state index is -0.521. The molecule has 0 fully saturated rings. The summed E-state index contributed by atoms with van der Waals surface area (Å²) in [5, 5.41) is 4.09. The van der Waals surface area contributed by atoms with Crippen molar-refractivity contribution in [2.24, 2.45) is 5.16 Å². The van der Waals surface area contributed by atoms with Gasteiger partial charge in [0.15, 0.2) is 0 Å². The first-order valence-electron chi connectivity index (χ1n) is 6.73. The van der Waals surface area contributed by atoms with Gasteiger partial charge < -0.3 is 14.3 Å². The van der Waals surface area contributed by atoms with Crippen LogP contribution in [0.4, 0.5) is 0 Å². The zero-order chi connectivity index (χ0) is 16.5. The highest BCUT2D eigenvalue weighted by atomic mass is 35.5. The molecule has 2 rings (SSSR count). The first-order chi connectivity index (χ1) is 11.2. The monoisotopic (exact) mass is 334 g/mol. The number of esters is 1. The normalized spacial score (nSPS) is 10.5.